The summed E-state index contributed by atoms with van der Waals surface area (Å²) in [6, 6.07) is 4.50. The Kier molecular flexibility index (Phi) is 3.98. The van der Waals surface area contributed by atoms with E-state index in [1.165, 1.54) is 41.5 Å². The van der Waals surface area contributed by atoms with Crippen LogP contribution in [-0.4, -0.2) is 39.3 Å². The van der Waals surface area contributed by atoms with Crippen LogP contribution in [0.3, 0.4) is 0 Å². The first-order valence-corrected chi connectivity index (χ1v) is 9.01. The molecule has 2 aliphatic heterocycles. The second-order valence-corrected chi connectivity index (χ2v) is 7.74. The highest BCUT2D eigenvalue weighted by atomic mass is 32.1. The summed E-state index contributed by atoms with van der Waals surface area (Å²) >= 11 is 1.92. The molecular weight excluding hydrogens is 294 g/mol. The Hall–Kier alpha value is -1.24. The zero-order valence-corrected chi connectivity index (χ0v) is 13.9. The van der Waals surface area contributed by atoms with Crippen molar-refractivity contribution in [2.45, 2.75) is 45.3 Å². The van der Waals surface area contributed by atoms with Crippen LogP contribution in [0.4, 0.5) is 0 Å². The molecule has 2 aliphatic rings. The van der Waals surface area contributed by atoms with E-state index in [2.05, 4.69) is 44.0 Å². The van der Waals surface area contributed by atoms with Crippen molar-refractivity contribution in [3.63, 3.8) is 0 Å². The zero-order chi connectivity index (χ0) is 14.9. The van der Waals surface area contributed by atoms with Gasteiger partial charge in [0.15, 0.2) is 0 Å². The van der Waals surface area contributed by atoms with Crippen molar-refractivity contribution in [2.24, 2.45) is 0 Å². The molecule has 4 heterocycles. The summed E-state index contributed by atoms with van der Waals surface area (Å²) in [5, 5.41) is 12.2. The van der Waals surface area contributed by atoms with Crippen LogP contribution >= 0.6 is 11.3 Å². The molecule has 1 fully saturated rings. The lowest BCUT2D eigenvalue weighted by Crippen LogP contribution is -2.34. The van der Waals surface area contributed by atoms with Gasteiger partial charge in [-0.2, -0.15) is 0 Å². The summed E-state index contributed by atoms with van der Waals surface area (Å²) in [5.41, 5.74) is 0. The third-order valence-corrected chi connectivity index (χ3v) is 5.76. The van der Waals surface area contributed by atoms with Crippen LogP contribution in [0.25, 0.3) is 0 Å². The van der Waals surface area contributed by atoms with Crippen LogP contribution in [-0.2, 0) is 19.6 Å². The molecule has 0 amide bonds. The standard InChI is InChI=1S/C16H23N5S/c1-12-2-3-14(22-12)11-20-7-4-13(5-8-20)16-19-18-15-10-17-6-9-21(15)16/h2-3,13,17H,4-11H2,1H3. The van der Waals surface area contributed by atoms with Crippen molar-refractivity contribution in [3.05, 3.63) is 33.5 Å². The summed E-state index contributed by atoms with van der Waals surface area (Å²) in [4.78, 5) is 5.48. The first-order valence-electron chi connectivity index (χ1n) is 8.20. The van der Waals surface area contributed by atoms with Gasteiger partial charge in [0.05, 0.1) is 6.54 Å². The van der Waals surface area contributed by atoms with E-state index >= 15 is 0 Å². The molecule has 0 radical (unpaired) electrons. The van der Waals surface area contributed by atoms with E-state index < -0.39 is 0 Å². The SMILES string of the molecule is Cc1ccc(CN2CCC(c3nnc4n3CCNC4)CC2)s1. The van der Waals surface area contributed by atoms with Crippen molar-refractivity contribution in [2.75, 3.05) is 19.6 Å². The Morgan fingerprint density at radius 2 is 2.09 bits per heavy atom. The highest BCUT2D eigenvalue weighted by Crippen LogP contribution is 2.29. The number of piperidine rings is 1. The molecule has 0 saturated carbocycles. The molecule has 6 heteroatoms. The average molecular weight is 317 g/mol. The van der Waals surface area contributed by atoms with Gasteiger partial charge in [0.25, 0.3) is 0 Å². The quantitative estimate of drug-likeness (QED) is 0.942. The monoisotopic (exact) mass is 317 g/mol. The molecule has 0 aliphatic carbocycles. The largest absolute Gasteiger partial charge is 0.312 e. The summed E-state index contributed by atoms with van der Waals surface area (Å²) in [6.45, 7) is 8.55. The summed E-state index contributed by atoms with van der Waals surface area (Å²) in [6.07, 6.45) is 2.41. The van der Waals surface area contributed by atoms with E-state index in [1.807, 2.05) is 11.3 Å². The van der Waals surface area contributed by atoms with Crippen molar-refractivity contribution in [3.8, 4) is 0 Å². The maximum absolute atomic E-state index is 4.49. The Bertz CT molecular complexity index is 639. The predicted octanol–water partition coefficient (Wildman–Crippen LogP) is 2.13. The first kappa shape index (κ1) is 14.4. The van der Waals surface area contributed by atoms with Gasteiger partial charge in [0.1, 0.15) is 11.6 Å². The molecule has 4 rings (SSSR count). The van der Waals surface area contributed by atoms with Gasteiger partial charge in [-0.25, -0.2) is 0 Å². The van der Waals surface area contributed by atoms with E-state index in [-0.39, 0.29) is 0 Å². The van der Waals surface area contributed by atoms with Crippen molar-refractivity contribution >= 4 is 11.3 Å². The van der Waals surface area contributed by atoms with Crippen LogP contribution in [0.1, 0.15) is 40.2 Å². The molecular formula is C16H23N5S. The smallest absolute Gasteiger partial charge is 0.147 e. The van der Waals surface area contributed by atoms with Crippen molar-refractivity contribution in [1.82, 2.24) is 25.0 Å². The van der Waals surface area contributed by atoms with Gasteiger partial charge in [0, 0.05) is 35.3 Å². The van der Waals surface area contributed by atoms with Gasteiger partial charge in [-0.3, -0.25) is 4.90 Å². The van der Waals surface area contributed by atoms with E-state index in [1.54, 1.807) is 0 Å². The lowest BCUT2D eigenvalue weighted by Gasteiger charge is -2.31. The van der Waals surface area contributed by atoms with Crippen molar-refractivity contribution < 1.29 is 0 Å². The number of aryl methyl sites for hydroxylation is 1. The maximum Gasteiger partial charge on any atom is 0.147 e. The topological polar surface area (TPSA) is 46.0 Å². The number of hydrogen-bond acceptors (Lipinski definition) is 5. The zero-order valence-electron chi connectivity index (χ0n) is 13.1. The van der Waals surface area contributed by atoms with Crippen LogP contribution in [0.5, 0.6) is 0 Å². The molecule has 0 aromatic carbocycles. The van der Waals surface area contributed by atoms with Gasteiger partial charge >= 0.3 is 0 Å². The fraction of sp³-hybridized carbons (Fsp3) is 0.625. The molecule has 0 atom stereocenters. The molecule has 2 aromatic rings. The normalized spacial score (nSPS) is 20.2. The van der Waals surface area contributed by atoms with Gasteiger partial charge in [-0.1, -0.05) is 0 Å². The summed E-state index contributed by atoms with van der Waals surface area (Å²) in [5.74, 6) is 2.92. The molecule has 5 nitrogen and oxygen atoms in total. The molecule has 22 heavy (non-hydrogen) atoms. The van der Waals surface area contributed by atoms with Crippen LogP contribution in [0.15, 0.2) is 12.1 Å². The Morgan fingerprint density at radius 3 is 2.86 bits per heavy atom. The summed E-state index contributed by atoms with van der Waals surface area (Å²) < 4.78 is 2.35. The minimum absolute atomic E-state index is 0.584. The lowest BCUT2D eigenvalue weighted by atomic mass is 9.95. The average Bonchev–Trinajstić information content (AvgIpc) is 3.14. The van der Waals surface area contributed by atoms with E-state index in [4.69, 9.17) is 0 Å². The number of hydrogen-bond donors (Lipinski definition) is 1. The number of rotatable bonds is 3. The number of nitrogens with one attached hydrogen (secondary N) is 1. The Labute approximate surface area is 135 Å². The van der Waals surface area contributed by atoms with E-state index in [9.17, 15) is 0 Å². The maximum atomic E-state index is 4.49. The second kappa shape index (κ2) is 6.10. The molecule has 0 unspecified atom stereocenters. The van der Waals surface area contributed by atoms with Gasteiger partial charge in [-0.05, 0) is 45.0 Å². The van der Waals surface area contributed by atoms with Gasteiger partial charge < -0.3 is 9.88 Å². The number of likely N-dealkylation sites (tertiary alicyclic amines) is 1. The van der Waals surface area contributed by atoms with E-state index in [0.717, 1.165) is 32.0 Å². The minimum atomic E-state index is 0.584. The highest BCUT2D eigenvalue weighted by molar-refractivity contribution is 7.11. The second-order valence-electron chi connectivity index (χ2n) is 6.37. The summed E-state index contributed by atoms with van der Waals surface area (Å²) in [7, 11) is 0. The van der Waals surface area contributed by atoms with Crippen LogP contribution in [0.2, 0.25) is 0 Å². The number of thiophene rings is 1. The fourth-order valence-electron chi connectivity index (χ4n) is 3.56. The third kappa shape index (κ3) is 2.83. The number of fused-ring (bicyclic) bond motifs is 1. The van der Waals surface area contributed by atoms with E-state index in [0.29, 0.717) is 5.92 Å². The Balaban J connectivity index is 1.38. The first-order chi connectivity index (χ1) is 10.8. The van der Waals surface area contributed by atoms with Crippen LogP contribution < -0.4 is 5.32 Å². The molecule has 1 N–H and O–H groups in total. The van der Waals surface area contributed by atoms with Crippen LogP contribution in [0, 0.1) is 6.92 Å². The minimum Gasteiger partial charge on any atom is -0.312 e. The van der Waals surface area contributed by atoms with Gasteiger partial charge in [-0.15, -0.1) is 21.5 Å². The van der Waals surface area contributed by atoms with Gasteiger partial charge in [0.2, 0.25) is 0 Å². The molecule has 2 aromatic heterocycles. The Morgan fingerprint density at radius 1 is 1.23 bits per heavy atom. The third-order valence-electron chi connectivity index (χ3n) is 4.78. The number of aromatic nitrogens is 3. The molecule has 1 saturated heterocycles. The predicted molar refractivity (Wildman–Crippen MR) is 88.0 cm³/mol. The number of nitrogens with zero attached hydrogens (tertiary/aromatic N) is 4. The molecule has 0 spiro atoms. The van der Waals surface area contributed by atoms with Crippen molar-refractivity contribution in [1.29, 1.82) is 0 Å². The fourth-order valence-corrected chi connectivity index (χ4v) is 4.49. The highest BCUT2D eigenvalue weighted by Gasteiger charge is 2.27. The molecule has 118 valence electrons. The lowest BCUT2D eigenvalue weighted by molar-refractivity contribution is 0.201. The molecule has 0 bridgehead atoms.